The van der Waals surface area contributed by atoms with Gasteiger partial charge in [0.05, 0.1) is 0 Å². The molecule has 4 aliphatic heterocycles. The van der Waals surface area contributed by atoms with Gasteiger partial charge in [0.25, 0.3) is 0 Å². The van der Waals surface area contributed by atoms with Gasteiger partial charge in [0.15, 0.2) is 0 Å². The van der Waals surface area contributed by atoms with Crippen LogP contribution in [0, 0.1) is 17.8 Å². The molecular weight excluding hydrogens is 314 g/mol. The second-order valence-corrected chi connectivity index (χ2v) is 14.2. The predicted octanol–water partition coefficient (Wildman–Crippen LogP) is 5.29. The molecule has 124 valence electrons. The number of hydrogen-bond donors (Lipinski definition) is 0. The summed E-state index contributed by atoms with van der Waals surface area (Å²) in [7, 11) is 0.274. The zero-order chi connectivity index (χ0) is 15.7. The molecule has 5 rings (SSSR count). The van der Waals surface area contributed by atoms with E-state index in [1.807, 2.05) is 10.6 Å². The Bertz CT molecular complexity index is 596. The molecule has 4 aliphatic rings. The highest BCUT2D eigenvalue weighted by Crippen LogP contribution is 2.69. The van der Waals surface area contributed by atoms with E-state index in [0.717, 1.165) is 40.4 Å². The molecule has 1 aromatic rings. The number of rotatable bonds is 2. The van der Waals surface area contributed by atoms with Crippen LogP contribution in [0.5, 0.6) is 0 Å². The molecule has 8 atom stereocenters. The Morgan fingerprint density at radius 1 is 0.696 bits per heavy atom. The van der Waals surface area contributed by atoms with Crippen molar-refractivity contribution in [2.45, 2.75) is 75.5 Å². The van der Waals surface area contributed by atoms with Gasteiger partial charge >= 0.3 is 0 Å². The second-order valence-electron chi connectivity index (χ2n) is 8.88. The highest BCUT2D eigenvalue weighted by Gasteiger charge is 2.52. The van der Waals surface area contributed by atoms with Gasteiger partial charge in [-0.3, -0.25) is 0 Å². The molecule has 0 N–H and O–H groups in total. The van der Waals surface area contributed by atoms with Crippen molar-refractivity contribution in [3.05, 3.63) is 24.3 Å². The van der Waals surface area contributed by atoms with E-state index in [1.165, 1.54) is 32.1 Å². The molecule has 4 fully saturated rings. The first kappa shape index (κ1) is 15.3. The van der Waals surface area contributed by atoms with Crippen molar-refractivity contribution < 1.29 is 0 Å². The van der Waals surface area contributed by atoms with E-state index in [9.17, 15) is 0 Å². The minimum absolute atomic E-state index is 0.124. The lowest BCUT2D eigenvalue weighted by atomic mass is 9.84. The van der Waals surface area contributed by atoms with Crippen LogP contribution in [0.4, 0.5) is 0 Å². The van der Waals surface area contributed by atoms with E-state index in [1.54, 1.807) is 0 Å². The fourth-order valence-electron chi connectivity index (χ4n) is 6.48. The molecule has 23 heavy (non-hydrogen) atoms. The molecule has 0 saturated carbocycles. The molecular formula is C21H30P2. The van der Waals surface area contributed by atoms with Crippen molar-refractivity contribution >= 4 is 26.5 Å². The molecule has 1 aromatic carbocycles. The maximum absolute atomic E-state index is 2.57. The van der Waals surface area contributed by atoms with Crippen LogP contribution in [-0.2, 0) is 0 Å². The summed E-state index contributed by atoms with van der Waals surface area (Å²) in [6.07, 6.45) is 7.64. The SMILES string of the molecule is CC1CC2CCC1P2c1ccccc1P1C2CC(C)C1CC2C. The standard InChI is InChI=1S/C21H30P2/c1-13-10-16-8-9-17(13)22(16)18-6-4-5-7-19(18)23-20-12-15(3)21(23)11-14(20)2/h4-7,13-17,20-21H,8-12H2,1-3H3. The van der Waals surface area contributed by atoms with Gasteiger partial charge in [-0.25, -0.2) is 0 Å². The van der Waals surface area contributed by atoms with Crippen LogP contribution in [0.3, 0.4) is 0 Å². The van der Waals surface area contributed by atoms with E-state index in [2.05, 4.69) is 45.0 Å². The van der Waals surface area contributed by atoms with E-state index in [4.69, 9.17) is 0 Å². The summed E-state index contributed by atoms with van der Waals surface area (Å²) in [5.41, 5.74) is 4.20. The van der Waals surface area contributed by atoms with Crippen LogP contribution < -0.4 is 10.6 Å². The van der Waals surface area contributed by atoms with Gasteiger partial charge in [-0.1, -0.05) is 60.9 Å². The first-order valence-corrected chi connectivity index (χ1v) is 12.8. The van der Waals surface area contributed by atoms with Gasteiger partial charge in [-0.15, -0.1) is 0 Å². The molecule has 0 amide bonds. The lowest BCUT2D eigenvalue weighted by Crippen LogP contribution is -2.27. The van der Waals surface area contributed by atoms with Crippen molar-refractivity contribution in [2.75, 3.05) is 0 Å². The normalized spacial score (nSPS) is 50.8. The number of benzene rings is 1. The number of fused-ring (bicyclic) bond motifs is 4. The lowest BCUT2D eigenvalue weighted by Gasteiger charge is -2.27. The third kappa shape index (κ3) is 2.17. The van der Waals surface area contributed by atoms with Crippen molar-refractivity contribution in [1.82, 2.24) is 0 Å². The van der Waals surface area contributed by atoms with E-state index in [0.29, 0.717) is 0 Å². The van der Waals surface area contributed by atoms with Gasteiger partial charge in [-0.2, -0.15) is 0 Å². The largest absolute Gasteiger partial charge is 0.0680 e. The second kappa shape index (κ2) is 5.54. The summed E-state index contributed by atoms with van der Waals surface area (Å²) < 4.78 is 0. The molecule has 4 heterocycles. The topological polar surface area (TPSA) is 0 Å². The van der Waals surface area contributed by atoms with Crippen LogP contribution in [0.15, 0.2) is 24.3 Å². The molecule has 2 heteroatoms. The summed E-state index contributed by atoms with van der Waals surface area (Å²) >= 11 is 0. The average molecular weight is 344 g/mol. The van der Waals surface area contributed by atoms with Gasteiger partial charge < -0.3 is 0 Å². The maximum Gasteiger partial charge on any atom is -0.0137 e. The van der Waals surface area contributed by atoms with Crippen molar-refractivity contribution in [3.63, 3.8) is 0 Å². The fraction of sp³-hybridized carbons (Fsp3) is 0.714. The predicted molar refractivity (Wildman–Crippen MR) is 105 cm³/mol. The third-order valence-electron chi connectivity index (χ3n) is 7.54. The van der Waals surface area contributed by atoms with E-state index >= 15 is 0 Å². The monoisotopic (exact) mass is 344 g/mol. The summed E-state index contributed by atoms with van der Waals surface area (Å²) in [4.78, 5) is 0. The molecule has 4 saturated heterocycles. The molecule has 0 spiro atoms. The minimum atomic E-state index is 0.124. The lowest BCUT2D eigenvalue weighted by molar-refractivity contribution is 0.365. The van der Waals surface area contributed by atoms with Crippen LogP contribution in [0.25, 0.3) is 0 Å². The first-order valence-electron chi connectivity index (χ1n) is 9.81. The molecule has 0 nitrogen and oxygen atoms in total. The summed E-state index contributed by atoms with van der Waals surface area (Å²) in [6.45, 7) is 7.62. The quantitative estimate of drug-likeness (QED) is 0.640. The third-order valence-corrected chi connectivity index (χ3v) is 15.2. The fourth-order valence-corrected chi connectivity index (χ4v) is 15.4. The summed E-state index contributed by atoms with van der Waals surface area (Å²) in [5, 5.41) is 3.76. The molecule has 0 radical (unpaired) electrons. The van der Waals surface area contributed by atoms with E-state index < -0.39 is 0 Å². The minimum Gasteiger partial charge on any atom is -0.0680 e. The summed E-state index contributed by atoms with van der Waals surface area (Å²) in [5.74, 6) is 2.98. The Kier molecular flexibility index (Phi) is 3.70. The van der Waals surface area contributed by atoms with Gasteiger partial charge in [0, 0.05) is 0 Å². The van der Waals surface area contributed by atoms with Crippen molar-refractivity contribution in [2.24, 2.45) is 17.8 Å². The molecule has 0 aliphatic carbocycles. The highest BCUT2D eigenvalue weighted by atomic mass is 31.1. The van der Waals surface area contributed by atoms with Crippen LogP contribution in [0.2, 0.25) is 0 Å². The van der Waals surface area contributed by atoms with Gasteiger partial charge in [0.2, 0.25) is 0 Å². The zero-order valence-electron chi connectivity index (χ0n) is 14.8. The molecule has 0 aromatic heterocycles. The highest BCUT2D eigenvalue weighted by molar-refractivity contribution is 7.74. The van der Waals surface area contributed by atoms with Crippen LogP contribution in [0.1, 0.15) is 52.9 Å². The van der Waals surface area contributed by atoms with Crippen LogP contribution >= 0.6 is 15.8 Å². The summed E-state index contributed by atoms with van der Waals surface area (Å²) in [6, 6.07) is 9.84. The van der Waals surface area contributed by atoms with Gasteiger partial charge in [0.1, 0.15) is 0 Å². The Morgan fingerprint density at radius 2 is 1.26 bits per heavy atom. The molecule has 4 bridgehead atoms. The first-order chi connectivity index (χ1) is 11.1. The van der Waals surface area contributed by atoms with Gasteiger partial charge in [-0.05, 0) is 83.1 Å². The Labute approximate surface area is 144 Å². The molecule has 8 unspecified atom stereocenters. The smallest absolute Gasteiger partial charge is 0.0137 e. The Morgan fingerprint density at radius 3 is 1.78 bits per heavy atom. The average Bonchev–Trinajstić information content (AvgIpc) is 3.24. The van der Waals surface area contributed by atoms with E-state index in [-0.39, 0.29) is 15.8 Å². The Balaban J connectivity index is 1.56. The van der Waals surface area contributed by atoms with Crippen LogP contribution in [-0.4, -0.2) is 22.6 Å². The maximum atomic E-state index is 2.57. The Hall–Kier alpha value is 0.0800. The van der Waals surface area contributed by atoms with Crippen molar-refractivity contribution in [1.29, 1.82) is 0 Å². The van der Waals surface area contributed by atoms with Crippen molar-refractivity contribution in [3.8, 4) is 0 Å². The number of hydrogen-bond acceptors (Lipinski definition) is 0. The zero-order valence-corrected chi connectivity index (χ0v) is 16.6.